The summed E-state index contributed by atoms with van der Waals surface area (Å²) < 4.78 is 0. The molecule has 2 heterocycles. The molecule has 0 aromatic heterocycles. The Morgan fingerprint density at radius 3 is 2.27 bits per heavy atom. The summed E-state index contributed by atoms with van der Waals surface area (Å²) in [6.45, 7) is 4.00. The summed E-state index contributed by atoms with van der Waals surface area (Å²) in [4.78, 5) is 41.5. The molecule has 3 fully saturated rings. The summed E-state index contributed by atoms with van der Waals surface area (Å²) >= 11 is 12.2. The fraction of sp³-hybridized carbons (Fsp3) is 0.591. The van der Waals surface area contributed by atoms with Crippen LogP contribution >= 0.6 is 23.2 Å². The Bertz CT molecular complexity index is 878. The molecule has 1 aromatic carbocycles. The second-order valence-electron chi connectivity index (χ2n) is 9.16. The van der Waals surface area contributed by atoms with E-state index in [1.54, 1.807) is 17.0 Å². The third-order valence-electron chi connectivity index (χ3n) is 7.02. The number of carbonyl (C=O) groups excluding carboxylic acids is 3. The van der Waals surface area contributed by atoms with E-state index in [2.05, 4.69) is 0 Å². The monoisotopic (exact) mass is 451 g/mol. The van der Waals surface area contributed by atoms with Crippen LogP contribution in [0.1, 0.15) is 44.1 Å². The minimum atomic E-state index is -0.456. The molecule has 162 valence electrons. The van der Waals surface area contributed by atoms with E-state index in [4.69, 9.17) is 28.9 Å². The molecule has 4 rings (SSSR count). The van der Waals surface area contributed by atoms with Crippen LogP contribution in [0.15, 0.2) is 18.2 Å². The van der Waals surface area contributed by atoms with Crippen molar-refractivity contribution in [1.29, 1.82) is 0 Å². The first kappa shape index (κ1) is 21.4. The van der Waals surface area contributed by atoms with Gasteiger partial charge >= 0.3 is 0 Å². The maximum Gasteiger partial charge on any atom is 0.228 e. The van der Waals surface area contributed by atoms with E-state index >= 15 is 0 Å². The Kier molecular flexibility index (Phi) is 5.75. The number of amides is 3. The highest BCUT2D eigenvalue weighted by molar-refractivity contribution is 6.42. The zero-order chi connectivity index (χ0) is 21.6. The molecule has 6 nitrogen and oxygen atoms in total. The molecule has 3 aliphatic rings. The first-order valence-electron chi connectivity index (χ1n) is 10.5. The third kappa shape index (κ3) is 4.04. The Labute approximate surface area is 186 Å². The molecule has 2 saturated heterocycles. The van der Waals surface area contributed by atoms with Gasteiger partial charge in [0.2, 0.25) is 17.7 Å². The van der Waals surface area contributed by atoms with E-state index in [1.165, 1.54) is 0 Å². The second kappa shape index (κ2) is 8.04. The van der Waals surface area contributed by atoms with Crippen molar-refractivity contribution in [3.05, 3.63) is 33.8 Å². The number of piperidine rings is 1. The Hall–Kier alpha value is -1.79. The van der Waals surface area contributed by atoms with Crippen LogP contribution in [0.3, 0.4) is 0 Å². The SMILES string of the molecule is CC1(C(=O)N2CCC(C(=O)N3C[C@@H](C(N)=O)[C@H](c4ccc(Cl)c(Cl)c4)C3)CC2)CC1. The van der Waals surface area contributed by atoms with Crippen LogP contribution < -0.4 is 5.73 Å². The van der Waals surface area contributed by atoms with Crippen molar-refractivity contribution < 1.29 is 14.4 Å². The van der Waals surface area contributed by atoms with Crippen LogP contribution in [0.25, 0.3) is 0 Å². The molecule has 0 unspecified atom stereocenters. The fourth-order valence-electron chi connectivity index (χ4n) is 4.72. The van der Waals surface area contributed by atoms with Crippen LogP contribution in [0.4, 0.5) is 0 Å². The molecular weight excluding hydrogens is 425 g/mol. The zero-order valence-electron chi connectivity index (χ0n) is 17.1. The molecule has 2 aliphatic heterocycles. The molecule has 3 amide bonds. The van der Waals surface area contributed by atoms with Crippen LogP contribution in [0.2, 0.25) is 10.0 Å². The molecular formula is C22H27Cl2N3O3. The normalized spacial score (nSPS) is 26.0. The van der Waals surface area contributed by atoms with Gasteiger partial charge in [-0.05, 0) is 43.4 Å². The van der Waals surface area contributed by atoms with E-state index in [9.17, 15) is 14.4 Å². The summed E-state index contributed by atoms with van der Waals surface area (Å²) in [5, 5.41) is 0.867. The van der Waals surface area contributed by atoms with E-state index in [-0.39, 0.29) is 29.1 Å². The number of hydrogen-bond donors (Lipinski definition) is 1. The molecule has 0 radical (unpaired) electrons. The lowest BCUT2D eigenvalue weighted by Gasteiger charge is -2.34. The number of hydrogen-bond acceptors (Lipinski definition) is 3. The molecule has 1 saturated carbocycles. The van der Waals surface area contributed by atoms with Gasteiger partial charge < -0.3 is 15.5 Å². The highest BCUT2D eigenvalue weighted by atomic mass is 35.5. The van der Waals surface area contributed by atoms with Gasteiger partial charge in [-0.15, -0.1) is 0 Å². The van der Waals surface area contributed by atoms with Crippen molar-refractivity contribution in [1.82, 2.24) is 9.80 Å². The van der Waals surface area contributed by atoms with Gasteiger partial charge in [0.25, 0.3) is 0 Å². The van der Waals surface area contributed by atoms with Crippen LogP contribution in [0, 0.1) is 17.3 Å². The second-order valence-corrected chi connectivity index (χ2v) is 9.97. The van der Waals surface area contributed by atoms with Gasteiger partial charge in [0.05, 0.1) is 16.0 Å². The smallest absolute Gasteiger partial charge is 0.228 e. The van der Waals surface area contributed by atoms with Crippen molar-refractivity contribution in [3.63, 3.8) is 0 Å². The van der Waals surface area contributed by atoms with E-state index in [1.807, 2.05) is 17.9 Å². The van der Waals surface area contributed by atoms with Crippen molar-refractivity contribution in [2.45, 2.75) is 38.5 Å². The number of primary amides is 1. The van der Waals surface area contributed by atoms with Gasteiger partial charge in [-0.2, -0.15) is 0 Å². The molecule has 0 spiro atoms. The molecule has 8 heteroatoms. The molecule has 30 heavy (non-hydrogen) atoms. The van der Waals surface area contributed by atoms with Crippen molar-refractivity contribution >= 4 is 40.9 Å². The number of carbonyl (C=O) groups is 3. The summed E-state index contributed by atoms with van der Waals surface area (Å²) in [6.07, 6.45) is 3.25. The fourth-order valence-corrected chi connectivity index (χ4v) is 5.03. The van der Waals surface area contributed by atoms with E-state index in [0.29, 0.717) is 49.1 Å². The minimum absolute atomic E-state index is 0.0496. The van der Waals surface area contributed by atoms with Gasteiger partial charge in [-0.3, -0.25) is 14.4 Å². The predicted molar refractivity (Wildman–Crippen MR) is 115 cm³/mol. The Morgan fingerprint density at radius 1 is 1.03 bits per heavy atom. The van der Waals surface area contributed by atoms with Crippen LogP contribution in [-0.2, 0) is 14.4 Å². The highest BCUT2D eigenvalue weighted by Crippen LogP contribution is 2.47. The first-order chi connectivity index (χ1) is 14.2. The molecule has 0 bridgehead atoms. The third-order valence-corrected chi connectivity index (χ3v) is 7.76. The molecule has 1 aliphatic carbocycles. The average molecular weight is 452 g/mol. The number of likely N-dealkylation sites (tertiary alicyclic amines) is 2. The van der Waals surface area contributed by atoms with Gasteiger partial charge in [-0.1, -0.05) is 36.2 Å². The summed E-state index contributed by atoms with van der Waals surface area (Å²) in [5.74, 6) is -0.918. The number of nitrogens with two attached hydrogens (primary N) is 1. The van der Waals surface area contributed by atoms with Gasteiger partial charge in [-0.25, -0.2) is 0 Å². The maximum atomic E-state index is 13.2. The number of benzene rings is 1. The highest BCUT2D eigenvalue weighted by Gasteiger charge is 2.48. The molecule has 2 atom stereocenters. The van der Waals surface area contributed by atoms with Gasteiger partial charge in [0, 0.05) is 43.4 Å². The van der Waals surface area contributed by atoms with Gasteiger partial charge in [0.15, 0.2) is 0 Å². The zero-order valence-corrected chi connectivity index (χ0v) is 18.6. The van der Waals surface area contributed by atoms with Crippen molar-refractivity contribution in [2.75, 3.05) is 26.2 Å². The quantitative estimate of drug-likeness (QED) is 0.762. The van der Waals surface area contributed by atoms with Crippen LogP contribution in [0.5, 0.6) is 0 Å². The number of rotatable bonds is 4. The summed E-state index contributed by atoms with van der Waals surface area (Å²) in [7, 11) is 0. The Morgan fingerprint density at radius 2 is 1.70 bits per heavy atom. The topological polar surface area (TPSA) is 83.7 Å². The predicted octanol–water partition coefficient (Wildman–Crippen LogP) is 3.06. The van der Waals surface area contributed by atoms with Gasteiger partial charge in [0.1, 0.15) is 0 Å². The lowest BCUT2D eigenvalue weighted by Crippen LogP contribution is -2.46. The van der Waals surface area contributed by atoms with E-state index < -0.39 is 11.8 Å². The van der Waals surface area contributed by atoms with Crippen LogP contribution in [-0.4, -0.2) is 53.7 Å². The largest absolute Gasteiger partial charge is 0.369 e. The minimum Gasteiger partial charge on any atom is -0.369 e. The molecule has 2 N–H and O–H groups in total. The summed E-state index contributed by atoms with van der Waals surface area (Å²) in [6, 6.07) is 5.29. The lowest BCUT2D eigenvalue weighted by atomic mass is 9.88. The van der Waals surface area contributed by atoms with Crippen molar-refractivity contribution in [2.24, 2.45) is 23.0 Å². The average Bonchev–Trinajstić information content (AvgIpc) is 3.32. The summed E-state index contributed by atoms with van der Waals surface area (Å²) in [5.41, 5.74) is 6.34. The Balaban J connectivity index is 1.41. The lowest BCUT2D eigenvalue weighted by molar-refractivity contribution is -0.142. The van der Waals surface area contributed by atoms with Crippen molar-refractivity contribution in [3.8, 4) is 0 Å². The van der Waals surface area contributed by atoms with E-state index in [0.717, 1.165) is 18.4 Å². The maximum absolute atomic E-state index is 13.2. The first-order valence-corrected chi connectivity index (χ1v) is 11.3. The number of halogens is 2. The number of nitrogens with zero attached hydrogens (tertiary/aromatic N) is 2. The standard InChI is InChI=1S/C22H27Cl2N3O3/c1-22(6-7-22)21(30)26-8-4-13(5-9-26)20(29)27-11-15(16(12-27)19(25)28)14-2-3-17(23)18(24)10-14/h2-3,10,13,15-16H,4-9,11-12H2,1H3,(H2,25,28)/t15-,16+/m0/s1. The molecule has 1 aromatic rings.